The van der Waals surface area contributed by atoms with Gasteiger partial charge in [0.25, 0.3) is 0 Å². The van der Waals surface area contributed by atoms with E-state index in [9.17, 15) is 9.59 Å². The molecule has 6 nitrogen and oxygen atoms in total. The number of rotatable bonds is 5. The number of likely N-dealkylation sites (tertiary alicyclic amines) is 1. The summed E-state index contributed by atoms with van der Waals surface area (Å²) in [4.78, 5) is 33.2. The second-order valence-corrected chi connectivity index (χ2v) is 13.8. The van der Waals surface area contributed by atoms with E-state index in [4.69, 9.17) is 39.5 Å². The predicted octanol–water partition coefficient (Wildman–Crippen LogP) is 7.84. The summed E-state index contributed by atoms with van der Waals surface area (Å²) < 4.78 is 5.67. The summed E-state index contributed by atoms with van der Waals surface area (Å²) in [6.45, 7) is 10.7. The van der Waals surface area contributed by atoms with Crippen molar-refractivity contribution in [2.45, 2.75) is 45.3 Å². The number of hydrogen-bond acceptors (Lipinski definition) is 4. The van der Waals surface area contributed by atoms with Gasteiger partial charge in [0, 0.05) is 60.3 Å². The molecule has 2 aliphatic rings. The molecule has 2 saturated heterocycles. The molecule has 3 aromatic carbocycles. The second-order valence-electron chi connectivity index (χ2n) is 12.5. The van der Waals surface area contributed by atoms with Crippen LogP contribution in [-0.4, -0.2) is 71.6 Å². The van der Waals surface area contributed by atoms with E-state index in [2.05, 4.69) is 29.2 Å². The van der Waals surface area contributed by atoms with Gasteiger partial charge < -0.3 is 14.5 Å². The molecule has 0 bridgehead atoms. The molecule has 0 aromatic heterocycles. The molecule has 0 spiro atoms. The number of hydrogen-bond donors (Lipinski definition) is 0. The summed E-state index contributed by atoms with van der Waals surface area (Å²) in [5.41, 5.74) is 3.57. The molecule has 9 heteroatoms. The standard InChI is InChI=1S/C34H38Cl3N3O3/c1-22-5-14-27(30(37)19-22)28-20-40(33(42)43-34(2,3)4)21-29(28)32(41)39-17-15-38(16-18-39)31(23-6-10-25(35)11-7-23)24-8-12-26(36)13-9-24/h5-14,19,28-29,31H,15-18,20-21H2,1-4H3. The Morgan fingerprint density at radius 1 is 0.791 bits per heavy atom. The molecule has 2 heterocycles. The van der Waals surface area contributed by atoms with E-state index in [1.165, 1.54) is 0 Å². The highest BCUT2D eigenvalue weighted by molar-refractivity contribution is 6.31. The van der Waals surface area contributed by atoms with Gasteiger partial charge in [-0.25, -0.2) is 4.79 Å². The minimum absolute atomic E-state index is 0.0000364. The molecule has 0 radical (unpaired) electrons. The van der Waals surface area contributed by atoms with E-state index in [-0.39, 0.29) is 17.9 Å². The van der Waals surface area contributed by atoms with Crippen LogP contribution in [0.2, 0.25) is 15.1 Å². The Bertz CT molecular complexity index is 1400. The first kappa shape index (κ1) is 31.6. The van der Waals surface area contributed by atoms with Crippen LogP contribution in [0.25, 0.3) is 0 Å². The third-order valence-electron chi connectivity index (χ3n) is 8.21. The van der Waals surface area contributed by atoms with Crippen molar-refractivity contribution in [3.8, 4) is 0 Å². The highest BCUT2D eigenvalue weighted by Crippen LogP contribution is 2.39. The molecule has 228 valence electrons. The van der Waals surface area contributed by atoms with Gasteiger partial charge in [-0.2, -0.15) is 0 Å². The molecule has 2 aliphatic heterocycles. The summed E-state index contributed by atoms with van der Waals surface area (Å²) in [6, 6.07) is 21.8. The molecule has 43 heavy (non-hydrogen) atoms. The van der Waals surface area contributed by atoms with Gasteiger partial charge in [0.15, 0.2) is 0 Å². The van der Waals surface area contributed by atoms with Crippen LogP contribution in [0.4, 0.5) is 4.79 Å². The average molecular weight is 643 g/mol. The van der Waals surface area contributed by atoms with Gasteiger partial charge in [0.05, 0.1) is 12.0 Å². The monoisotopic (exact) mass is 641 g/mol. The van der Waals surface area contributed by atoms with Gasteiger partial charge in [-0.3, -0.25) is 9.69 Å². The first-order chi connectivity index (χ1) is 20.4. The summed E-state index contributed by atoms with van der Waals surface area (Å²) >= 11 is 19.1. The lowest BCUT2D eigenvalue weighted by Gasteiger charge is -2.41. The molecule has 3 aromatic rings. The number of piperazine rings is 1. The molecule has 2 atom stereocenters. The minimum atomic E-state index is -0.628. The van der Waals surface area contributed by atoms with Crippen LogP contribution in [-0.2, 0) is 9.53 Å². The van der Waals surface area contributed by atoms with E-state index in [1.54, 1.807) is 4.90 Å². The largest absolute Gasteiger partial charge is 0.444 e. The zero-order chi connectivity index (χ0) is 30.9. The third kappa shape index (κ3) is 7.49. The SMILES string of the molecule is Cc1ccc(C2CN(C(=O)OC(C)(C)C)CC2C(=O)N2CCN(C(c3ccc(Cl)cc3)c3ccc(Cl)cc3)CC2)c(Cl)c1. The third-order valence-corrected chi connectivity index (χ3v) is 9.04. The molecule has 0 saturated carbocycles. The van der Waals surface area contributed by atoms with Crippen LogP contribution in [0.15, 0.2) is 66.7 Å². The number of ether oxygens (including phenoxy) is 1. The van der Waals surface area contributed by atoms with E-state index < -0.39 is 17.6 Å². The van der Waals surface area contributed by atoms with Crippen molar-refractivity contribution in [2.75, 3.05) is 39.3 Å². The van der Waals surface area contributed by atoms with E-state index >= 15 is 0 Å². The fourth-order valence-electron chi connectivity index (χ4n) is 6.12. The summed E-state index contributed by atoms with van der Waals surface area (Å²) in [5.74, 6) is -0.591. The fraction of sp³-hybridized carbons (Fsp3) is 0.412. The van der Waals surface area contributed by atoms with E-state index in [0.29, 0.717) is 54.3 Å². The Balaban J connectivity index is 1.35. The molecular weight excluding hydrogens is 605 g/mol. The van der Waals surface area contributed by atoms with Gasteiger partial charge in [-0.1, -0.05) is 71.2 Å². The van der Waals surface area contributed by atoms with Crippen molar-refractivity contribution in [1.29, 1.82) is 0 Å². The predicted molar refractivity (Wildman–Crippen MR) is 173 cm³/mol. The van der Waals surface area contributed by atoms with Crippen molar-refractivity contribution in [3.05, 3.63) is 104 Å². The average Bonchev–Trinajstić information content (AvgIpc) is 3.40. The van der Waals surface area contributed by atoms with Gasteiger partial charge >= 0.3 is 6.09 Å². The van der Waals surface area contributed by atoms with Gasteiger partial charge in [0.2, 0.25) is 5.91 Å². The number of aryl methyl sites for hydroxylation is 1. The summed E-state index contributed by atoms with van der Waals surface area (Å²) in [6.07, 6.45) is -0.408. The quantitative estimate of drug-likeness (QED) is 0.285. The van der Waals surface area contributed by atoms with Gasteiger partial charge in [-0.05, 0) is 80.3 Å². The van der Waals surface area contributed by atoms with Crippen LogP contribution >= 0.6 is 34.8 Å². The van der Waals surface area contributed by atoms with Crippen LogP contribution in [0.3, 0.4) is 0 Å². The molecule has 0 N–H and O–H groups in total. The maximum atomic E-state index is 14.2. The number of carbonyl (C=O) groups excluding carboxylic acids is 2. The Morgan fingerprint density at radius 2 is 1.35 bits per heavy atom. The van der Waals surface area contributed by atoms with Crippen molar-refractivity contribution >= 4 is 46.8 Å². The van der Waals surface area contributed by atoms with Gasteiger partial charge in [-0.15, -0.1) is 0 Å². The highest BCUT2D eigenvalue weighted by Gasteiger charge is 2.44. The number of halogens is 3. The maximum absolute atomic E-state index is 14.2. The number of amides is 2. The lowest BCUT2D eigenvalue weighted by molar-refractivity contribution is -0.137. The van der Waals surface area contributed by atoms with Crippen LogP contribution in [0.1, 0.15) is 55.0 Å². The maximum Gasteiger partial charge on any atom is 0.410 e. The van der Waals surface area contributed by atoms with Crippen LogP contribution < -0.4 is 0 Å². The first-order valence-electron chi connectivity index (χ1n) is 14.7. The Labute approximate surface area is 269 Å². The van der Waals surface area contributed by atoms with E-state index in [0.717, 1.165) is 22.3 Å². The van der Waals surface area contributed by atoms with Crippen LogP contribution in [0.5, 0.6) is 0 Å². The Kier molecular flexibility index (Phi) is 9.62. The molecule has 2 amide bonds. The molecule has 5 rings (SSSR count). The second kappa shape index (κ2) is 13.1. The zero-order valence-electron chi connectivity index (χ0n) is 25.0. The zero-order valence-corrected chi connectivity index (χ0v) is 27.3. The Morgan fingerprint density at radius 3 is 1.86 bits per heavy atom. The number of carbonyl (C=O) groups is 2. The lowest BCUT2D eigenvalue weighted by atomic mass is 9.87. The fourth-order valence-corrected chi connectivity index (χ4v) is 6.74. The first-order valence-corrected chi connectivity index (χ1v) is 15.8. The molecule has 2 fully saturated rings. The molecular formula is C34H38Cl3N3O3. The summed E-state index contributed by atoms with van der Waals surface area (Å²) in [5, 5.41) is 2.00. The molecule has 0 aliphatic carbocycles. The normalized spacial score (nSPS) is 19.6. The van der Waals surface area contributed by atoms with Crippen molar-refractivity contribution in [1.82, 2.24) is 14.7 Å². The summed E-state index contributed by atoms with van der Waals surface area (Å²) in [7, 11) is 0. The smallest absolute Gasteiger partial charge is 0.410 e. The lowest BCUT2D eigenvalue weighted by Crippen LogP contribution is -2.52. The number of benzene rings is 3. The van der Waals surface area contributed by atoms with Gasteiger partial charge in [0.1, 0.15) is 5.60 Å². The molecule has 2 unspecified atom stereocenters. The topological polar surface area (TPSA) is 53.1 Å². The van der Waals surface area contributed by atoms with E-state index in [1.807, 2.05) is 75.1 Å². The van der Waals surface area contributed by atoms with Crippen molar-refractivity contribution in [2.24, 2.45) is 5.92 Å². The Hall–Kier alpha value is -2.77. The number of nitrogens with zero attached hydrogens (tertiary/aromatic N) is 3. The van der Waals surface area contributed by atoms with Crippen LogP contribution in [0, 0.1) is 12.8 Å². The van der Waals surface area contributed by atoms with Crippen molar-refractivity contribution in [3.63, 3.8) is 0 Å². The highest BCUT2D eigenvalue weighted by atomic mass is 35.5. The minimum Gasteiger partial charge on any atom is -0.444 e. The van der Waals surface area contributed by atoms with Crippen molar-refractivity contribution < 1.29 is 14.3 Å².